The number of para-hydroxylation sites is 1. The summed E-state index contributed by atoms with van der Waals surface area (Å²) in [6.07, 6.45) is -1.04. The van der Waals surface area contributed by atoms with Crippen molar-refractivity contribution in [3.63, 3.8) is 0 Å². The van der Waals surface area contributed by atoms with Crippen molar-refractivity contribution in [1.82, 2.24) is 10.1 Å². The molecule has 0 spiro atoms. The van der Waals surface area contributed by atoms with Crippen LogP contribution in [-0.2, 0) is 20.7 Å². The maximum Gasteiger partial charge on any atom is 0.313 e. The van der Waals surface area contributed by atoms with E-state index in [2.05, 4.69) is 5.16 Å². The summed E-state index contributed by atoms with van der Waals surface area (Å²) in [5.74, 6) is -0.757. The highest BCUT2D eigenvalue weighted by molar-refractivity contribution is 5.87. The van der Waals surface area contributed by atoms with E-state index in [-0.39, 0.29) is 12.3 Å². The molecule has 27 heavy (non-hydrogen) atoms. The number of hydrogen-bond acceptors (Lipinski definition) is 5. The number of ether oxygens (including phenoxy) is 1. The number of hydrogen-bond donors (Lipinski definition) is 0. The van der Waals surface area contributed by atoms with Gasteiger partial charge in [0.15, 0.2) is 5.58 Å². The van der Waals surface area contributed by atoms with E-state index in [1.54, 1.807) is 23.1 Å². The van der Waals surface area contributed by atoms with Crippen LogP contribution in [0, 0.1) is 0 Å². The van der Waals surface area contributed by atoms with Gasteiger partial charge in [-0.3, -0.25) is 9.59 Å². The molecule has 0 saturated heterocycles. The van der Waals surface area contributed by atoms with Crippen LogP contribution in [-0.4, -0.2) is 35.0 Å². The third kappa shape index (κ3) is 4.16. The lowest BCUT2D eigenvalue weighted by Crippen LogP contribution is -2.36. The minimum Gasteiger partial charge on any atom is -0.447 e. The Labute approximate surface area is 157 Å². The van der Waals surface area contributed by atoms with Crippen molar-refractivity contribution >= 4 is 22.8 Å². The largest absolute Gasteiger partial charge is 0.447 e. The predicted molar refractivity (Wildman–Crippen MR) is 101 cm³/mol. The molecular formula is C21H22N2O4. The van der Waals surface area contributed by atoms with E-state index in [0.29, 0.717) is 29.9 Å². The van der Waals surface area contributed by atoms with Crippen molar-refractivity contribution < 1.29 is 18.8 Å². The lowest BCUT2D eigenvalue weighted by atomic mass is 10.1. The molecule has 0 unspecified atom stereocenters. The van der Waals surface area contributed by atoms with Crippen LogP contribution in [0.1, 0.15) is 31.2 Å². The highest BCUT2D eigenvalue weighted by atomic mass is 16.5. The van der Waals surface area contributed by atoms with Crippen LogP contribution in [0.15, 0.2) is 59.1 Å². The molecule has 0 aliphatic carbocycles. The Balaban J connectivity index is 1.81. The molecule has 0 aliphatic heterocycles. The van der Waals surface area contributed by atoms with Crippen LogP contribution >= 0.6 is 0 Å². The summed E-state index contributed by atoms with van der Waals surface area (Å²) in [5.41, 5.74) is 1.75. The Morgan fingerprint density at radius 3 is 2.41 bits per heavy atom. The number of carbonyl (C=O) groups is 2. The molecule has 0 N–H and O–H groups in total. The second-order valence-electron chi connectivity index (χ2n) is 6.09. The number of likely N-dealkylation sites (N-methyl/N-ethyl adjacent to an activating group) is 1. The Kier molecular flexibility index (Phi) is 5.86. The van der Waals surface area contributed by atoms with Crippen molar-refractivity contribution in [1.29, 1.82) is 0 Å². The van der Waals surface area contributed by atoms with Gasteiger partial charge in [-0.2, -0.15) is 0 Å². The molecule has 0 bridgehead atoms. The summed E-state index contributed by atoms with van der Waals surface area (Å²) in [6.45, 7) is 4.88. The topological polar surface area (TPSA) is 72.6 Å². The van der Waals surface area contributed by atoms with Gasteiger partial charge in [0.05, 0.1) is 6.42 Å². The smallest absolute Gasteiger partial charge is 0.313 e. The average molecular weight is 366 g/mol. The van der Waals surface area contributed by atoms with Crippen molar-refractivity contribution in [3.8, 4) is 0 Å². The first-order chi connectivity index (χ1) is 13.1. The Morgan fingerprint density at radius 2 is 1.70 bits per heavy atom. The zero-order chi connectivity index (χ0) is 19.2. The van der Waals surface area contributed by atoms with Gasteiger partial charge in [-0.1, -0.05) is 47.6 Å². The van der Waals surface area contributed by atoms with Crippen LogP contribution in [0.3, 0.4) is 0 Å². The molecule has 0 saturated carbocycles. The molecular weight excluding hydrogens is 344 g/mol. The van der Waals surface area contributed by atoms with E-state index in [1.165, 1.54) is 0 Å². The molecule has 3 aromatic rings. The lowest BCUT2D eigenvalue weighted by Gasteiger charge is -2.25. The van der Waals surface area contributed by atoms with Gasteiger partial charge in [-0.15, -0.1) is 0 Å². The molecule has 3 rings (SSSR count). The number of rotatable bonds is 7. The summed E-state index contributed by atoms with van der Waals surface area (Å²) >= 11 is 0. The number of carbonyl (C=O) groups excluding carboxylic acids is 2. The fourth-order valence-electron chi connectivity index (χ4n) is 2.97. The van der Waals surface area contributed by atoms with Crippen molar-refractivity contribution in [2.75, 3.05) is 13.1 Å². The number of esters is 1. The Morgan fingerprint density at radius 1 is 1.04 bits per heavy atom. The molecule has 0 radical (unpaired) electrons. The molecule has 0 aliphatic rings. The molecule has 6 nitrogen and oxygen atoms in total. The molecule has 1 aromatic heterocycles. The van der Waals surface area contributed by atoms with Crippen molar-refractivity contribution in [3.05, 3.63) is 65.9 Å². The number of nitrogens with zero attached hydrogens (tertiary/aromatic N) is 2. The van der Waals surface area contributed by atoms with Crippen molar-refractivity contribution in [2.24, 2.45) is 0 Å². The predicted octanol–water partition coefficient (Wildman–Crippen LogP) is 3.52. The molecule has 0 fully saturated rings. The third-order valence-electron chi connectivity index (χ3n) is 4.41. The van der Waals surface area contributed by atoms with Crippen LogP contribution in [0.4, 0.5) is 0 Å². The van der Waals surface area contributed by atoms with Gasteiger partial charge >= 0.3 is 5.97 Å². The SMILES string of the molecule is CCN(CC)C(=O)[C@@H](OC(=O)Cc1noc2ccccc12)c1ccccc1. The summed E-state index contributed by atoms with van der Waals surface area (Å²) in [6, 6.07) is 16.4. The quantitative estimate of drug-likeness (QED) is 0.598. The Bertz CT molecular complexity index is 916. The number of amides is 1. The summed E-state index contributed by atoms with van der Waals surface area (Å²) in [4.78, 5) is 27.1. The molecule has 6 heteroatoms. The van der Waals surface area contributed by atoms with E-state index in [9.17, 15) is 9.59 Å². The first-order valence-corrected chi connectivity index (χ1v) is 9.00. The standard InChI is InChI=1S/C21H22N2O4/c1-3-23(4-2)21(25)20(15-10-6-5-7-11-15)26-19(24)14-17-16-12-8-9-13-18(16)27-22-17/h5-13,20H,3-4,14H2,1-2H3/t20-/m0/s1. The number of benzene rings is 2. The first-order valence-electron chi connectivity index (χ1n) is 9.00. The van der Waals surface area contributed by atoms with Gasteiger partial charge in [0.25, 0.3) is 5.91 Å². The summed E-state index contributed by atoms with van der Waals surface area (Å²) in [7, 11) is 0. The fraction of sp³-hybridized carbons (Fsp3) is 0.286. The summed E-state index contributed by atoms with van der Waals surface area (Å²) < 4.78 is 10.8. The molecule has 1 heterocycles. The van der Waals surface area contributed by atoms with E-state index in [4.69, 9.17) is 9.26 Å². The normalized spacial score (nSPS) is 11.9. The minimum atomic E-state index is -0.975. The van der Waals surface area contributed by atoms with Crippen LogP contribution in [0.25, 0.3) is 11.0 Å². The zero-order valence-electron chi connectivity index (χ0n) is 15.4. The first kappa shape index (κ1) is 18.6. The fourth-order valence-corrected chi connectivity index (χ4v) is 2.97. The van der Waals surface area contributed by atoms with Crippen LogP contribution in [0.2, 0.25) is 0 Å². The van der Waals surface area contributed by atoms with Crippen LogP contribution < -0.4 is 0 Å². The van der Waals surface area contributed by atoms with Gasteiger partial charge in [0, 0.05) is 24.0 Å². The van der Waals surface area contributed by atoms with Gasteiger partial charge in [0.2, 0.25) is 6.10 Å². The van der Waals surface area contributed by atoms with Gasteiger partial charge < -0.3 is 14.2 Å². The van der Waals surface area contributed by atoms with E-state index >= 15 is 0 Å². The maximum absolute atomic E-state index is 12.9. The van der Waals surface area contributed by atoms with E-state index in [1.807, 2.05) is 50.2 Å². The zero-order valence-corrected chi connectivity index (χ0v) is 15.4. The average Bonchev–Trinajstić information content (AvgIpc) is 3.10. The van der Waals surface area contributed by atoms with Gasteiger partial charge in [0.1, 0.15) is 5.69 Å². The number of fused-ring (bicyclic) bond motifs is 1. The van der Waals surface area contributed by atoms with Gasteiger partial charge in [-0.25, -0.2) is 0 Å². The van der Waals surface area contributed by atoms with Crippen molar-refractivity contribution in [2.45, 2.75) is 26.4 Å². The minimum absolute atomic E-state index is 0.0636. The van der Waals surface area contributed by atoms with Crippen LogP contribution in [0.5, 0.6) is 0 Å². The second-order valence-corrected chi connectivity index (χ2v) is 6.09. The third-order valence-corrected chi connectivity index (χ3v) is 4.41. The van der Waals surface area contributed by atoms with E-state index in [0.717, 1.165) is 5.39 Å². The number of aromatic nitrogens is 1. The van der Waals surface area contributed by atoms with Gasteiger partial charge in [-0.05, 0) is 26.0 Å². The second kappa shape index (κ2) is 8.49. The highest BCUT2D eigenvalue weighted by Gasteiger charge is 2.28. The monoisotopic (exact) mass is 366 g/mol. The highest BCUT2D eigenvalue weighted by Crippen LogP contribution is 2.23. The maximum atomic E-state index is 12.9. The molecule has 1 amide bonds. The molecule has 2 aromatic carbocycles. The Hall–Kier alpha value is -3.15. The molecule has 1 atom stereocenters. The lowest BCUT2D eigenvalue weighted by molar-refractivity contribution is -0.160. The summed E-state index contributed by atoms with van der Waals surface area (Å²) in [5, 5.41) is 4.72. The van der Waals surface area contributed by atoms with E-state index < -0.39 is 12.1 Å². The molecule has 140 valence electrons.